The van der Waals surface area contributed by atoms with Crippen LogP contribution in [0.1, 0.15) is 15.9 Å². The Labute approximate surface area is 154 Å². The smallest absolute Gasteiger partial charge is 0.255 e. The predicted molar refractivity (Wildman–Crippen MR) is 97.0 cm³/mol. The van der Waals surface area contributed by atoms with Crippen LogP contribution in [0.2, 0.25) is 0 Å². The number of nitrogens with one attached hydrogen (secondary N) is 1. The number of halogens is 1. The van der Waals surface area contributed by atoms with Gasteiger partial charge in [-0.1, -0.05) is 12.1 Å². The molecular formula is C19H15FN6O. The zero-order valence-corrected chi connectivity index (χ0v) is 14.2. The summed E-state index contributed by atoms with van der Waals surface area (Å²) in [5.74, 6) is -0.818. The van der Waals surface area contributed by atoms with Gasteiger partial charge < -0.3 is 5.32 Å². The number of hydrogen-bond donors (Lipinski definition) is 1. The van der Waals surface area contributed by atoms with Crippen LogP contribution in [-0.2, 0) is 6.54 Å². The minimum absolute atomic E-state index is 0.258. The largest absolute Gasteiger partial charge is 0.322 e. The first-order valence-corrected chi connectivity index (χ1v) is 8.21. The van der Waals surface area contributed by atoms with Crippen LogP contribution in [0.3, 0.4) is 0 Å². The number of nitrogens with zero attached hydrogens (tertiary/aromatic N) is 5. The molecule has 0 atom stereocenters. The van der Waals surface area contributed by atoms with Gasteiger partial charge in [0.05, 0.1) is 6.54 Å². The van der Waals surface area contributed by atoms with Gasteiger partial charge in [-0.15, -0.1) is 0 Å². The average Bonchev–Trinajstić information content (AvgIpc) is 3.36. The lowest BCUT2D eigenvalue weighted by Crippen LogP contribution is -2.12. The zero-order valence-electron chi connectivity index (χ0n) is 14.2. The van der Waals surface area contributed by atoms with Crippen molar-refractivity contribution in [1.82, 2.24) is 24.5 Å². The maximum atomic E-state index is 14.3. The second-order valence-corrected chi connectivity index (χ2v) is 5.86. The molecule has 4 aromatic rings. The number of anilines is 1. The van der Waals surface area contributed by atoms with E-state index in [1.165, 1.54) is 29.5 Å². The molecule has 0 radical (unpaired) electrons. The number of carbonyl (C=O) groups is 1. The highest BCUT2D eigenvalue weighted by Gasteiger charge is 2.10. The molecule has 2 heterocycles. The number of aromatic nitrogens is 5. The van der Waals surface area contributed by atoms with Gasteiger partial charge in [0, 0.05) is 23.6 Å². The van der Waals surface area contributed by atoms with Crippen LogP contribution in [0, 0.1) is 5.82 Å². The highest BCUT2D eigenvalue weighted by atomic mass is 19.1. The molecule has 0 fully saturated rings. The monoisotopic (exact) mass is 362 g/mol. The molecule has 0 aliphatic rings. The molecule has 27 heavy (non-hydrogen) atoms. The third-order valence-electron chi connectivity index (χ3n) is 3.99. The summed E-state index contributed by atoms with van der Waals surface area (Å²) in [5.41, 5.74) is 2.13. The second kappa shape index (κ2) is 7.20. The molecule has 2 aromatic carbocycles. The highest BCUT2D eigenvalue weighted by molar-refractivity contribution is 6.04. The van der Waals surface area contributed by atoms with Crippen LogP contribution < -0.4 is 5.32 Å². The first-order chi connectivity index (χ1) is 13.2. The Balaban J connectivity index is 1.45. The fourth-order valence-electron chi connectivity index (χ4n) is 2.65. The number of benzene rings is 2. The molecule has 1 N–H and O–H groups in total. The van der Waals surface area contributed by atoms with Crippen molar-refractivity contribution in [3.05, 3.63) is 90.5 Å². The fourth-order valence-corrected chi connectivity index (χ4v) is 2.65. The minimum Gasteiger partial charge on any atom is -0.322 e. The quantitative estimate of drug-likeness (QED) is 0.592. The van der Waals surface area contributed by atoms with Crippen molar-refractivity contribution in [2.45, 2.75) is 6.54 Å². The lowest BCUT2D eigenvalue weighted by molar-refractivity contribution is 0.102. The van der Waals surface area contributed by atoms with E-state index in [-0.39, 0.29) is 11.6 Å². The molecule has 0 saturated carbocycles. The summed E-state index contributed by atoms with van der Waals surface area (Å²) in [6.07, 6.45) is 6.32. The molecule has 4 rings (SSSR count). The van der Waals surface area contributed by atoms with Gasteiger partial charge in [0.1, 0.15) is 18.3 Å². The summed E-state index contributed by atoms with van der Waals surface area (Å²) in [6, 6.07) is 13.4. The van der Waals surface area contributed by atoms with E-state index in [2.05, 4.69) is 20.5 Å². The zero-order chi connectivity index (χ0) is 18.6. The molecule has 2 aromatic heterocycles. The molecule has 0 bridgehead atoms. The van der Waals surface area contributed by atoms with Crippen LogP contribution in [0.25, 0.3) is 5.69 Å². The topological polar surface area (TPSA) is 77.6 Å². The Kier molecular flexibility index (Phi) is 4.44. The van der Waals surface area contributed by atoms with Crippen molar-refractivity contribution in [2.24, 2.45) is 0 Å². The van der Waals surface area contributed by atoms with Gasteiger partial charge in [0.2, 0.25) is 0 Å². The van der Waals surface area contributed by atoms with Crippen molar-refractivity contribution in [3.63, 3.8) is 0 Å². The number of carbonyl (C=O) groups excluding carboxylic acids is 1. The molecule has 0 unspecified atom stereocenters. The molecule has 1 amide bonds. The Morgan fingerprint density at radius 3 is 2.63 bits per heavy atom. The van der Waals surface area contributed by atoms with Crippen molar-refractivity contribution in [3.8, 4) is 5.69 Å². The van der Waals surface area contributed by atoms with Gasteiger partial charge in [-0.3, -0.25) is 9.48 Å². The Bertz CT molecular complexity index is 1040. The van der Waals surface area contributed by atoms with E-state index in [1.807, 2.05) is 24.4 Å². The third-order valence-corrected chi connectivity index (χ3v) is 3.99. The molecule has 134 valence electrons. The van der Waals surface area contributed by atoms with Gasteiger partial charge in [-0.05, 0) is 42.0 Å². The van der Waals surface area contributed by atoms with Gasteiger partial charge in [-0.25, -0.2) is 14.1 Å². The van der Waals surface area contributed by atoms with Crippen LogP contribution in [-0.4, -0.2) is 30.5 Å². The van der Waals surface area contributed by atoms with Gasteiger partial charge in [0.25, 0.3) is 5.91 Å². The summed E-state index contributed by atoms with van der Waals surface area (Å²) < 4.78 is 17.4. The summed E-state index contributed by atoms with van der Waals surface area (Å²) in [6.45, 7) is 0.629. The molecule has 0 aliphatic carbocycles. The summed E-state index contributed by atoms with van der Waals surface area (Å²) in [4.78, 5) is 16.2. The van der Waals surface area contributed by atoms with Crippen LogP contribution in [0.15, 0.2) is 73.6 Å². The van der Waals surface area contributed by atoms with Gasteiger partial charge >= 0.3 is 0 Å². The third kappa shape index (κ3) is 3.74. The SMILES string of the molecule is O=C(Nc1ccc(-n2cncn2)c(F)c1)c1ccc(Cn2cccn2)cc1. The maximum absolute atomic E-state index is 14.3. The summed E-state index contributed by atoms with van der Waals surface area (Å²) >= 11 is 0. The molecule has 0 spiro atoms. The Morgan fingerprint density at radius 2 is 1.96 bits per heavy atom. The van der Waals surface area contributed by atoms with Crippen molar-refractivity contribution in [1.29, 1.82) is 0 Å². The van der Waals surface area contributed by atoms with E-state index in [1.54, 1.807) is 29.1 Å². The Hall–Kier alpha value is -3.81. The molecule has 8 heteroatoms. The van der Waals surface area contributed by atoms with Crippen LogP contribution >= 0.6 is 0 Å². The standard InChI is InChI=1S/C19H15FN6O/c20-17-10-16(6-7-18(17)26-13-21-12-23-26)24-19(27)15-4-2-14(3-5-15)11-25-9-1-8-22-25/h1-10,12-13H,11H2,(H,24,27). The second-order valence-electron chi connectivity index (χ2n) is 5.86. The lowest BCUT2D eigenvalue weighted by Gasteiger charge is -2.09. The first kappa shape index (κ1) is 16.6. The molecule has 0 aliphatic heterocycles. The molecule has 7 nitrogen and oxygen atoms in total. The summed E-state index contributed by atoms with van der Waals surface area (Å²) in [5, 5.41) is 10.7. The number of hydrogen-bond acceptors (Lipinski definition) is 4. The molecular weight excluding hydrogens is 347 g/mol. The Morgan fingerprint density at radius 1 is 1.11 bits per heavy atom. The maximum Gasteiger partial charge on any atom is 0.255 e. The van der Waals surface area contributed by atoms with Gasteiger partial charge in [0.15, 0.2) is 5.82 Å². The highest BCUT2D eigenvalue weighted by Crippen LogP contribution is 2.18. The number of rotatable bonds is 5. The van der Waals surface area contributed by atoms with E-state index in [0.29, 0.717) is 17.8 Å². The van der Waals surface area contributed by atoms with E-state index in [0.717, 1.165) is 5.56 Å². The van der Waals surface area contributed by atoms with Crippen LogP contribution in [0.4, 0.5) is 10.1 Å². The summed E-state index contributed by atoms with van der Waals surface area (Å²) in [7, 11) is 0. The van der Waals surface area contributed by atoms with E-state index in [9.17, 15) is 9.18 Å². The average molecular weight is 362 g/mol. The van der Waals surface area contributed by atoms with Crippen molar-refractivity contribution < 1.29 is 9.18 Å². The van der Waals surface area contributed by atoms with Crippen molar-refractivity contribution in [2.75, 3.05) is 5.32 Å². The van der Waals surface area contributed by atoms with Crippen molar-refractivity contribution >= 4 is 11.6 Å². The minimum atomic E-state index is -0.507. The van der Waals surface area contributed by atoms with Gasteiger partial charge in [-0.2, -0.15) is 10.2 Å². The van der Waals surface area contributed by atoms with Crippen LogP contribution in [0.5, 0.6) is 0 Å². The van der Waals surface area contributed by atoms with E-state index >= 15 is 0 Å². The fraction of sp³-hybridized carbons (Fsp3) is 0.0526. The predicted octanol–water partition coefficient (Wildman–Crippen LogP) is 2.90. The molecule has 0 saturated heterocycles. The number of amides is 1. The normalized spacial score (nSPS) is 10.7. The van der Waals surface area contributed by atoms with E-state index < -0.39 is 5.82 Å². The lowest BCUT2D eigenvalue weighted by atomic mass is 10.1. The van der Waals surface area contributed by atoms with E-state index in [4.69, 9.17) is 0 Å². The first-order valence-electron chi connectivity index (χ1n) is 8.21.